The lowest BCUT2D eigenvalue weighted by molar-refractivity contribution is 0.610. The van der Waals surface area contributed by atoms with E-state index in [1.54, 1.807) is 12.1 Å². The number of halogens is 1. The monoisotopic (exact) mass is 414 g/mol. The topological polar surface area (TPSA) is 49.6 Å². The van der Waals surface area contributed by atoms with Crippen LogP contribution >= 0.6 is 0 Å². The van der Waals surface area contributed by atoms with Crippen LogP contribution in [-0.2, 0) is 0 Å². The molecule has 1 atom stereocenters. The van der Waals surface area contributed by atoms with Crippen LogP contribution in [0, 0.1) is 5.82 Å². The maximum Gasteiger partial charge on any atom is 0.154 e. The highest BCUT2D eigenvalue weighted by atomic mass is 19.1. The van der Waals surface area contributed by atoms with Crippen molar-refractivity contribution in [3.63, 3.8) is 0 Å². The summed E-state index contributed by atoms with van der Waals surface area (Å²) in [5.74, 6) is 1.68. The molecular weight excluding hydrogens is 391 g/mol. The lowest BCUT2D eigenvalue weighted by Gasteiger charge is -2.32. The third-order valence-electron chi connectivity index (χ3n) is 6.31. The molecule has 0 bridgehead atoms. The van der Waals surface area contributed by atoms with E-state index in [9.17, 15) is 4.39 Å². The number of pyridine rings is 1. The van der Waals surface area contributed by atoms with Gasteiger partial charge in [0.05, 0.1) is 17.9 Å². The third-order valence-corrected chi connectivity index (χ3v) is 6.31. The van der Waals surface area contributed by atoms with Crippen molar-refractivity contribution < 1.29 is 4.39 Å². The fourth-order valence-corrected chi connectivity index (χ4v) is 4.58. The minimum atomic E-state index is -0.196. The summed E-state index contributed by atoms with van der Waals surface area (Å²) in [5, 5.41) is 4.93. The van der Waals surface area contributed by atoms with Crippen molar-refractivity contribution in [3.05, 3.63) is 72.2 Å². The summed E-state index contributed by atoms with van der Waals surface area (Å²) in [6, 6.07) is 17.1. The first-order chi connectivity index (χ1) is 15.3. The van der Waals surface area contributed by atoms with Gasteiger partial charge >= 0.3 is 0 Å². The number of fused-ring (bicyclic) bond motifs is 1. The van der Waals surface area contributed by atoms with Crippen LogP contribution in [0.2, 0.25) is 0 Å². The van der Waals surface area contributed by atoms with Crippen LogP contribution in [0.1, 0.15) is 30.9 Å². The number of hydrogen-bond donors (Lipinski definition) is 0. The van der Waals surface area contributed by atoms with Crippen molar-refractivity contribution in [1.82, 2.24) is 19.6 Å². The average Bonchev–Trinajstić information content (AvgIpc) is 3.39. The second-order valence-electron chi connectivity index (χ2n) is 8.23. The summed E-state index contributed by atoms with van der Waals surface area (Å²) in [7, 11) is 0. The summed E-state index contributed by atoms with van der Waals surface area (Å²) >= 11 is 0. The molecule has 5 heterocycles. The Morgan fingerprint density at radius 2 is 1.81 bits per heavy atom. The van der Waals surface area contributed by atoms with Crippen molar-refractivity contribution in [1.29, 1.82) is 0 Å². The highest BCUT2D eigenvalue weighted by Crippen LogP contribution is 2.35. The van der Waals surface area contributed by atoms with Crippen molar-refractivity contribution in [2.24, 2.45) is 0 Å². The number of aromatic nitrogens is 4. The van der Waals surface area contributed by atoms with Crippen LogP contribution in [0.4, 0.5) is 16.0 Å². The average molecular weight is 414 g/mol. The number of anilines is 2. The number of hydrogen-bond acceptors (Lipinski definition) is 5. The van der Waals surface area contributed by atoms with Gasteiger partial charge in [0.1, 0.15) is 23.1 Å². The fourth-order valence-electron chi connectivity index (χ4n) is 4.58. The number of imidazole rings is 1. The molecule has 2 saturated heterocycles. The first-order valence-electron chi connectivity index (χ1n) is 10.9. The molecular formula is C24H23FN6. The first-order valence-corrected chi connectivity index (χ1v) is 10.9. The van der Waals surface area contributed by atoms with E-state index in [0.29, 0.717) is 0 Å². The van der Waals surface area contributed by atoms with E-state index in [-0.39, 0.29) is 11.9 Å². The Morgan fingerprint density at radius 3 is 2.65 bits per heavy atom. The lowest BCUT2D eigenvalue weighted by atomic mass is 10.0. The molecule has 2 aliphatic heterocycles. The fraction of sp³-hybridized carbons (Fsp3) is 0.292. The van der Waals surface area contributed by atoms with Crippen molar-refractivity contribution in [3.8, 4) is 11.4 Å². The molecule has 3 aromatic heterocycles. The second-order valence-corrected chi connectivity index (χ2v) is 8.23. The molecule has 2 aliphatic rings. The molecule has 0 amide bonds. The van der Waals surface area contributed by atoms with Crippen LogP contribution < -0.4 is 9.80 Å². The second kappa shape index (κ2) is 7.34. The molecule has 6 nitrogen and oxygen atoms in total. The van der Waals surface area contributed by atoms with Gasteiger partial charge in [-0.15, -0.1) is 5.10 Å². The van der Waals surface area contributed by atoms with E-state index < -0.39 is 0 Å². The first kappa shape index (κ1) is 18.3. The summed E-state index contributed by atoms with van der Waals surface area (Å²) < 4.78 is 15.7. The zero-order valence-corrected chi connectivity index (χ0v) is 17.2. The van der Waals surface area contributed by atoms with E-state index in [1.165, 1.54) is 12.5 Å². The molecule has 0 unspecified atom stereocenters. The molecule has 0 radical (unpaired) electrons. The maximum absolute atomic E-state index is 13.8. The molecule has 156 valence electrons. The van der Waals surface area contributed by atoms with Gasteiger partial charge in [0.25, 0.3) is 0 Å². The van der Waals surface area contributed by atoms with E-state index in [0.717, 1.165) is 66.7 Å². The Morgan fingerprint density at radius 1 is 0.903 bits per heavy atom. The molecule has 0 N–H and O–H groups in total. The predicted octanol–water partition coefficient (Wildman–Crippen LogP) is 4.48. The normalized spacial score (nSPS) is 18.5. The van der Waals surface area contributed by atoms with Gasteiger partial charge in [-0.1, -0.05) is 18.2 Å². The van der Waals surface area contributed by atoms with Crippen molar-refractivity contribution in [2.45, 2.75) is 25.3 Å². The van der Waals surface area contributed by atoms with E-state index in [1.807, 2.05) is 41.0 Å². The molecule has 31 heavy (non-hydrogen) atoms. The zero-order chi connectivity index (χ0) is 20.8. The molecule has 4 aromatic rings. The predicted molar refractivity (Wildman–Crippen MR) is 119 cm³/mol. The van der Waals surface area contributed by atoms with Gasteiger partial charge in [0, 0.05) is 19.6 Å². The van der Waals surface area contributed by atoms with Crippen LogP contribution in [0.25, 0.3) is 17.0 Å². The van der Waals surface area contributed by atoms with Crippen LogP contribution in [-0.4, -0.2) is 39.2 Å². The maximum atomic E-state index is 13.8. The lowest BCUT2D eigenvalue weighted by Crippen LogP contribution is -2.37. The van der Waals surface area contributed by atoms with Crippen molar-refractivity contribution >= 4 is 17.3 Å². The Balaban J connectivity index is 1.38. The van der Waals surface area contributed by atoms with E-state index in [4.69, 9.17) is 10.1 Å². The third kappa shape index (κ3) is 3.21. The molecule has 1 aromatic carbocycles. The van der Waals surface area contributed by atoms with Gasteiger partial charge in [-0.25, -0.2) is 18.9 Å². The molecule has 0 spiro atoms. The van der Waals surface area contributed by atoms with Gasteiger partial charge in [-0.3, -0.25) is 0 Å². The van der Waals surface area contributed by atoms with Gasteiger partial charge in [-0.05, 0) is 61.2 Å². The molecule has 0 saturated carbocycles. The number of nitrogens with zero attached hydrogens (tertiary/aromatic N) is 6. The minimum Gasteiger partial charge on any atom is -0.356 e. The standard InChI is InChI=1S/C24H23FN6/c25-18-6-1-5-17(15-18)20-8-3-14-30(20)24-11-10-22-26-16-21(31(22)28-24)19-7-2-9-23(27-19)29-12-4-13-29/h1-2,5-7,9-11,15-16,20H,3-4,8,12-14H2/t20-/m1/s1. The SMILES string of the molecule is Fc1cccc([C@H]2CCCN2c2ccc3ncc(-c4cccc(N5CCC5)n4)n3n2)c1. The minimum absolute atomic E-state index is 0.125. The highest BCUT2D eigenvalue weighted by Gasteiger charge is 2.28. The molecule has 6 rings (SSSR count). The summed E-state index contributed by atoms with van der Waals surface area (Å²) in [5.41, 5.74) is 3.52. The highest BCUT2D eigenvalue weighted by molar-refractivity contribution is 5.63. The van der Waals surface area contributed by atoms with Gasteiger partial charge in [0.2, 0.25) is 0 Å². The van der Waals surface area contributed by atoms with Gasteiger partial charge in [-0.2, -0.15) is 0 Å². The van der Waals surface area contributed by atoms with E-state index >= 15 is 0 Å². The Bertz CT molecular complexity index is 1250. The quantitative estimate of drug-likeness (QED) is 0.493. The summed E-state index contributed by atoms with van der Waals surface area (Å²) in [6.07, 6.45) is 5.09. The number of benzene rings is 1. The molecule has 7 heteroatoms. The Labute approximate surface area is 180 Å². The summed E-state index contributed by atoms with van der Waals surface area (Å²) in [6.45, 7) is 3.01. The van der Waals surface area contributed by atoms with Crippen LogP contribution in [0.5, 0.6) is 0 Å². The van der Waals surface area contributed by atoms with Gasteiger partial charge < -0.3 is 9.80 Å². The zero-order valence-electron chi connectivity index (χ0n) is 17.2. The largest absolute Gasteiger partial charge is 0.356 e. The van der Waals surface area contributed by atoms with Crippen LogP contribution in [0.15, 0.2) is 60.8 Å². The van der Waals surface area contributed by atoms with Gasteiger partial charge in [0.15, 0.2) is 5.65 Å². The smallest absolute Gasteiger partial charge is 0.154 e. The van der Waals surface area contributed by atoms with Crippen LogP contribution in [0.3, 0.4) is 0 Å². The Kier molecular flexibility index (Phi) is 4.33. The molecule has 2 fully saturated rings. The van der Waals surface area contributed by atoms with E-state index in [2.05, 4.69) is 20.9 Å². The molecule has 0 aliphatic carbocycles. The Hall–Kier alpha value is -3.48. The number of rotatable bonds is 4. The van der Waals surface area contributed by atoms with Crippen molar-refractivity contribution in [2.75, 3.05) is 29.4 Å². The summed E-state index contributed by atoms with van der Waals surface area (Å²) in [4.78, 5) is 13.9.